The Hall–Kier alpha value is -1.40. The highest BCUT2D eigenvalue weighted by molar-refractivity contribution is 5.76. The molecule has 0 rings (SSSR count). The number of hydrogen-bond donors (Lipinski definition) is 3. The topological polar surface area (TPSA) is 95.9 Å². The van der Waals surface area contributed by atoms with Crippen molar-refractivity contribution in [1.29, 1.82) is 0 Å². The predicted octanol–water partition coefficient (Wildman–Crippen LogP) is 17.7. The lowest BCUT2D eigenvalue weighted by atomic mass is 10.0. The number of aliphatic hydroxyl groups excluding tert-OH is 2. The molecule has 0 aliphatic rings. The molecule has 3 N–H and O–H groups in total. The van der Waals surface area contributed by atoms with E-state index < -0.39 is 12.1 Å². The van der Waals surface area contributed by atoms with Crippen LogP contribution in [0.25, 0.3) is 0 Å². The number of esters is 1. The molecule has 0 aliphatic heterocycles. The molecule has 0 saturated heterocycles. The van der Waals surface area contributed by atoms with Gasteiger partial charge in [0.25, 0.3) is 0 Å². The summed E-state index contributed by atoms with van der Waals surface area (Å²) >= 11 is 0. The molecular formula is C58H113NO5. The Kier molecular flexibility index (Phi) is 53.0. The number of hydrogen-bond acceptors (Lipinski definition) is 5. The van der Waals surface area contributed by atoms with E-state index in [1.165, 1.54) is 244 Å². The van der Waals surface area contributed by atoms with Gasteiger partial charge in [-0.05, 0) is 51.4 Å². The predicted molar refractivity (Wildman–Crippen MR) is 278 cm³/mol. The molecule has 6 nitrogen and oxygen atoms in total. The van der Waals surface area contributed by atoms with Crippen LogP contribution < -0.4 is 5.32 Å². The maximum absolute atomic E-state index is 12.4. The molecule has 2 unspecified atom stereocenters. The van der Waals surface area contributed by atoms with Gasteiger partial charge in [0, 0.05) is 12.8 Å². The number of nitrogens with one attached hydrogen (secondary N) is 1. The van der Waals surface area contributed by atoms with Gasteiger partial charge in [-0.2, -0.15) is 0 Å². The van der Waals surface area contributed by atoms with Crippen molar-refractivity contribution in [2.24, 2.45) is 0 Å². The van der Waals surface area contributed by atoms with Crippen LogP contribution in [0.5, 0.6) is 0 Å². The Morgan fingerprint density at radius 3 is 1.11 bits per heavy atom. The second kappa shape index (κ2) is 54.2. The van der Waals surface area contributed by atoms with E-state index in [-0.39, 0.29) is 18.5 Å². The van der Waals surface area contributed by atoms with Gasteiger partial charge < -0.3 is 20.3 Å². The zero-order valence-corrected chi connectivity index (χ0v) is 43.3. The molecular weight excluding hydrogens is 791 g/mol. The number of carbonyl (C=O) groups excluding carboxylic acids is 2. The number of unbranched alkanes of at least 4 members (excludes halogenated alkanes) is 41. The summed E-state index contributed by atoms with van der Waals surface area (Å²) < 4.78 is 5.49. The van der Waals surface area contributed by atoms with Crippen LogP contribution in [-0.4, -0.2) is 47.4 Å². The molecule has 0 aliphatic carbocycles. The van der Waals surface area contributed by atoms with Crippen LogP contribution in [0, 0.1) is 0 Å². The van der Waals surface area contributed by atoms with Crippen molar-refractivity contribution >= 4 is 11.9 Å². The Morgan fingerprint density at radius 1 is 0.422 bits per heavy atom. The highest BCUT2D eigenvalue weighted by atomic mass is 16.5. The van der Waals surface area contributed by atoms with Crippen LogP contribution in [0.2, 0.25) is 0 Å². The summed E-state index contributed by atoms with van der Waals surface area (Å²) in [6.07, 6.45) is 63.4. The molecule has 0 fully saturated rings. The standard InChI is InChI=1S/C58H113NO5/c1-3-5-7-9-11-13-15-17-18-21-25-28-32-36-40-44-48-52-58(63)64-53-49-45-41-37-33-29-26-23-20-19-22-24-27-31-35-39-43-47-51-57(62)59-55(54-60)56(61)50-46-42-38-34-30-16-14-12-10-8-6-4-2/h17-18,55-56,60-61H,3-16,19-54H2,1-2H3,(H,59,62)/b18-17-. The van der Waals surface area contributed by atoms with Crippen LogP contribution in [-0.2, 0) is 14.3 Å². The van der Waals surface area contributed by atoms with Gasteiger partial charge in [-0.25, -0.2) is 0 Å². The third-order valence-electron chi connectivity index (χ3n) is 13.6. The maximum Gasteiger partial charge on any atom is 0.305 e. The van der Waals surface area contributed by atoms with Crippen LogP contribution in [0.15, 0.2) is 12.2 Å². The maximum atomic E-state index is 12.4. The summed E-state index contributed by atoms with van der Waals surface area (Å²) in [7, 11) is 0. The molecule has 0 radical (unpaired) electrons. The van der Waals surface area contributed by atoms with E-state index in [1.54, 1.807) is 0 Å². The first-order valence-electron chi connectivity index (χ1n) is 28.9. The highest BCUT2D eigenvalue weighted by Gasteiger charge is 2.20. The first-order chi connectivity index (χ1) is 31.5. The molecule has 0 heterocycles. The van der Waals surface area contributed by atoms with Crippen LogP contribution in [0.4, 0.5) is 0 Å². The van der Waals surface area contributed by atoms with E-state index in [1.807, 2.05) is 0 Å². The number of carbonyl (C=O) groups is 2. The van der Waals surface area contributed by atoms with E-state index in [0.717, 1.165) is 44.9 Å². The fraction of sp³-hybridized carbons (Fsp3) is 0.931. The molecule has 6 heteroatoms. The Labute approximate surface area is 399 Å². The lowest BCUT2D eigenvalue weighted by Gasteiger charge is -2.22. The minimum absolute atomic E-state index is 0.00446. The zero-order chi connectivity index (χ0) is 46.5. The Morgan fingerprint density at radius 2 is 0.734 bits per heavy atom. The van der Waals surface area contributed by atoms with Gasteiger partial charge in [-0.3, -0.25) is 9.59 Å². The molecule has 2 atom stereocenters. The van der Waals surface area contributed by atoms with Gasteiger partial charge in [0.2, 0.25) is 5.91 Å². The molecule has 0 aromatic heterocycles. The highest BCUT2D eigenvalue weighted by Crippen LogP contribution is 2.17. The van der Waals surface area contributed by atoms with E-state index >= 15 is 0 Å². The molecule has 0 aromatic carbocycles. The minimum atomic E-state index is -0.665. The van der Waals surface area contributed by atoms with Crippen molar-refractivity contribution in [3.05, 3.63) is 12.2 Å². The third-order valence-corrected chi connectivity index (χ3v) is 13.6. The fourth-order valence-corrected chi connectivity index (χ4v) is 9.11. The van der Waals surface area contributed by atoms with Crippen molar-refractivity contribution in [3.63, 3.8) is 0 Å². The summed E-state index contributed by atoms with van der Waals surface area (Å²) in [6, 6.07) is -0.543. The number of amides is 1. The van der Waals surface area contributed by atoms with Gasteiger partial charge >= 0.3 is 5.97 Å². The lowest BCUT2D eigenvalue weighted by molar-refractivity contribution is -0.143. The van der Waals surface area contributed by atoms with Gasteiger partial charge in [-0.15, -0.1) is 0 Å². The van der Waals surface area contributed by atoms with Crippen LogP contribution >= 0.6 is 0 Å². The van der Waals surface area contributed by atoms with Crippen molar-refractivity contribution < 1.29 is 24.5 Å². The smallest absolute Gasteiger partial charge is 0.305 e. The molecule has 0 bridgehead atoms. The molecule has 64 heavy (non-hydrogen) atoms. The number of ether oxygens (including phenoxy) is 1. The second-order valence-corrected chi connectivity index (χ2v) is 20.0. The Balaban J connectivity index is 3.38. The fourth-order valence-electron chi connectivity index (χ4n) is 9.11. The number of allylic oxidation sites excluding steroid dienone is 2. The monoisotopic (exact) mass is 904 g/mol. The summed E-state index contributed by atoms with van der Waals surface area (Å²) in [6.45, 7) is 4.95. The number of rotatable bonds is 54. The first kappa shape index (κ1) is 62.6. The Bertz CT molecular complexity index is 955. The normalized spacial score (nSPS) is 12.6. The summed E-state index contributed by atoms with van der Waals surface area (Å²) in [5.74, 6) is -0.0339. The summed E-state index contributed by atoms with van der Waals surface area (Å²) in [5, 5.41) is 23.2. The average Bonchev–Trinajstić information content (AvgIpc) is 3.29. The largest absolute Gasteiger partial charge is 0.466 e. The van der Waals surface area contributed by atoms with Crippen molar-refractivity contribution in [2.75, 3.05) is 13.2 Å². The minimum Gasteiger partial charge on any atom is -0.466 e. The zero-order valence-electron chi connectivity index (χ0n) is 43.3. The van der Waals surface area contributed by atoms with Crippen molar-refractivity contribution in [3.8, 4) is 0 Å². The second-order valence-electron chi connectivity index (χ2n) is 20.0. The average molecular weight is 905 g/mol. The van der Waals surface area contributed by atoms with E-state index in [0.29, 0.717) is 25.9 Å². The third kappa shape index (κ3) is 50.0. The first-order valence-corrected chi connectivity index (χ1v) is 28.9. The van der Waals surface area contributed by atoms with Crippen molar-refractivity contribution in [2.45, 2.75) is 334 Å². The van der Waals surface area contributed by atoms with E-state index in [2.05, 4.69) is 31.3 Å². The van der Waals surface area contributed by atoms with E-state index in [9.17, 15) is 19.8 Å². The van der Waals surface area contributed by atoms with Crippen LogP contribution in [0.3, 0.4) is 0 Å². The molecule has 0 spiro atoms. The quantitative estimate of drug-likeness (QED) is 0.0321. The molecule has 0 aromatic rings. The molecule has 0 saturated carbocycles. The molecule has 380 valence electrons. The van der Waals surface area contributed by atoms with Gasteiger partial charge in [0.15, 0.2) is 0 Å². The molecule has 1 amide bonds. The summed E-state index contributed by atoms with van der Waals surface area (Å²) in [5.41, 5.74) is 0. The van der Waals surface area contributed by atoms with Gasteiger partial charge in [-0.1, -0.05) is 270 Å². The van der Waals surface area contributed by atoms with Crippen LogP contribution in [0.1, 0.15) is 322 Å². The lowest BCUT2D eigenvalue weighted by Crippen LogP contribution is -2.45. The van der Waals surface area contributed by atoms with Crippen molar-refractivity contribution in [1.82, 2.24) is 5.32 Å². The number of aliphatic hydroxyl groups is 2. The van der Waals surface area contributed by atoms with Gasteiger partial charge in [0.05, 0.1) is 25.4 Å². The van der Waals surface area contributed by atoms with Gasteiger partial charge in [0.1, 0.15) is 0 Å². The van der Waals surface area contributed by atoms with E-state index in [4.69, 9.17) is 4.74 Å². The SMILES string of the molecule is CCCCCCCC/C=C\CCCCCCCCCC(=O)OCCCCCCCCCCCCCCCCCCCCC(=O)NC(CO)C(O)CCCCCCCCCCCCCC. The summed E-state index contributed by atoms with van der Waals surface area (Å²) in [4.78, 5) is 24.5.